The molecule has 2 aromatic rings. The predicted octanol–water partition coefficient (Wildman–Crippen LogP) is 4.60. The zero-order valence-electron chi connectivity index (χ0n) is 16.3. The number of fused-ring (bicyclic) bond motifs is 1. The van der Waals surface area contributed by atoms with E-state index in [2.05, 4.69) is 61.7 Å². The summed E-state index contributed by atoms with van der Waals surface area (Å²) in [7, 11) is 0. The summed E-state index contributed by atoms with van der Waals surface area (Å²) in [6.07, 6.45) is 4.10. The average molecular weight is 382 g/mol. The number of rotatable bonds is 7. The maximum Gasteiger partial charge on any atom is 0.238 e. The van der Waals surface area contributed by atoms with E-state index >= 15 is 0 Å². The second-order valence-corrected chi connectivity index (χ2v) is 8.52. The summed E-state index contributed by atoms with van der Waals surface area (Å²) in [5, 5.41) is 16.5. The fraction of sp³-hybridized carbons (Fsp3) is 0.455. The highest BCUT2D eigenvalue weighted by Gasteiger charge is 2.23. The second kappa shape index (κ2) is 8.69. The molecule has 1 atom stereocenters. The Balaban J connectivity index is 1.64. The Labute approximate surface area is 165 Å². The smallest absolute Gasteiger partial charge is 0.238 e. The lowest BCUT2D eigenvalue weighted by Gasteiger charge is -2.23. The van der Waals surface area contributed by atoms with Gasteiger partial charge in [-0.1, -0.05) is 45.0 Å². The number of aryl methyl sites for hydroxylation is 2. The number of benzene rings is 1. The molecule has 0 radical (unpaired) electrons. The molecule has 1 heterocycles. The van der Waals surface area contributed by atoms with Crippen LogP contribution in [0.1, 0.15) is 60.4 Å². The van der Waals surface area contributed by atoms with Crippen LogP contribution in [-0.2, 0) is 24.1 Å². The standard InChI is InChI=1S/C22H27N3OS/c1-4-15-8-10-16(11-9-15)21(14(2)3)24-13-20(26)25-22-18(12-23)17-6-5-7-19(17)27-22/h8-11,14,21,24H,4-7,13H2,1-3H3,(H,25,26)/t21-/m1/s1. The predicted molar refractivity (Wildman–Crippen MR) is 111 cm³/mol. The highest BCUT2D eigenvalue weighted by Crippen LogP contribution is 2.38. The Hall–Kier alpha value is -2.16. The normalized spacial score (nSPS) is 14.0. The van der Waals surface area contributed by atoms with Crippen LogP contribution < -0.4 is 10.6 Å². The molecule has 0 bridgehead atoms. The van der Waals surface area contributed by atoms with E-state index in [4.69, 9.17) is 0 Å². The first-order valence-electron chi connectivity index (χ1n) is 9.70. The van der Waals surface area contributed by atoms with Crippen molar-refractivity contribution in [1.82, 2.24) is 5.32 Å². The summed E-state index contributed by atoms with van der Waals surface area (Å²) in [5.41, 5.74) is 4.31. The molecule has 4 nitrogen and oxygen atoms in total. The number of nitrogens with zero attached hydrogens (tertiary/aromatic N) is 1. The Kier molecular flexibility index (Phi) is 6.30. The summed E-state index contributed by atoms with van der Waals surface area (Å²) in [6, 6.07) is 11.0. The fourth-order valence-electron chi connectivity index (χ4n) is 3.68. The molecule has 5 heteroatoms. The Morgan fingerprint density at radius 1 is 1.26 bits per heavy atom. The topological polar surface area (TPSA) is 64.9 Å². The Morgan fingerprint density at radius 3 is 2.63 bits per heavy atom. The summed E-state index contributed by atoms with van der Waals surface area (Å²) in [4.78, 5) is 13.7. The van der Waals surface area contributed by atoms with Gasteiger partial charge in [0.25, 0.3) is 0 Å². The van der Waals surface area contributed by atoms with E-state index in [1.165, 1.54) is 16.0 Å². The number of hydrogen-bond acceptors (Lipinski definition) is 4. The number of nitrogens with one attached hydrogen (secondary N) is 2. The first-order valence-corrected chi connectivity index (χ1v) is 10.5. The van der Waals surface area contributed by atoms with Crippen LogP contribution in [0.25, 0.3) is 0 Å². The van der Waals surface area contributed by atoms with Gasteiger partial charge in [-0.15, -0.1) is 11.3 Å². The van der Waals surface area contributed by atoms with Crippen molar-refractivity contribution in [3.8, 4) is 6.07 Å². The second-order valence-electron chi connectivity index (χ2n) is 7.42. The third-order valence-electron chi connectivity index (χ3n) is 5.18. The van der Waals surface area contributed by atoms with Gasteiger partial charge >= 0.3 is 0 Å². The monoisotopic (exact) mass is 381 g/mol. The van der Waals surface area contributed by atoms with E-state index < -0.39 is 0 Å². The van der Waals surface area contributed by atoms with Crippen molar-refractivity contribution in [2.45, 2.75) is 52.5 Å². The zero-order valence-corrected chi connectivity index (χ0v) is 17.1. The molecule has 0 fully saturated rings. The lowest BCUT2D eigenvalue weighted by molar-refractivity contribution is -0.115. The van der Waals surface area contributed by atoms with Gasteiger partial charge in [-0.05, 0) is 48.3 Å². The van der Waals surface area contributed by atoms with E-state index in [1.807, 2.05) is 0 Å². The summed E-state index contributed by atoms with van der Waals surface area (Å²) in [6.45, 7) is 6.68. The molecular formula is C22H27N3OS. The molecule has 1 aliphatic carbocycles. The van der Waals surface area contributed by atoms with Crippen molar-refractivity contribution in [2.75, 3.05) is 11.9 Å². The first kappa shape index (κ1) is 19.6. The molecule has 2 N–H and O–H groups in total. The van der Waals surface area contributed by atoms with Gasteiger partial charge in [0.2, 0.25) is 5.91 Å². The molecule has 0 spiro atoms. The SMILES string of the molecule is CCc1ccc([C@H](NCC(=O)Nc2sc3c(c2C#N)CCC3)C(C)C)cc1. The van der Waals surface area contributed by atoms with E-state index in [-0.39, 0.29) is 18.5 Å². The molecule has 27 heavy (non-hydrogen) atoms. The molecule has 3 rings (SSSR count). The van der Waals surface area contributed by atoms with Crippen molar-refractivity contribution in [1.29, 1.82) is 5.26 Å². The van der Waals surface area contributed by atoms with Gasteiger partial charge in [0.05, 0.1) is 12.1 Å². The highest BCUT2D eigenvalue weighted by molar-refractivity contribution is 7.16. The number of hydrogen-bond donors (Lipinski definition) is 2. The Morgan fingerprint density at radius 2 is 2.00 bits per heavy atom. The third-order valence-corrected chi connectivity index (χ3v) is 6.39. The molecule has 142 valence electrons. The van der Waals surface area contributed by atoms with Gasteiger partial charge in [-0.3, -0.25) is 4.79 Å². The van der Waals surface area contributed by atoms with Crippen LogP contribution in [0.2, 0.25) is 0 Å². The summed E-state index contributed by atoms with van der Waals surface area (Å²) < 4.78 is 0. The van der Waals surface area contributed by atoms with E-state index in [1.54, 1.807) is 11.3 Å². The fourth-order valence-corrected chi connectivity index (χ4v) is 4.94. The number of amides is 1. The molecule has 0 saturated heterocycles. The van der Waals surface area contributed by atoms with Gasteiger partial charge in [0.1, 0.15) is 11.1 Å². The zero-order chi connectivity index (χ0) is 19.4. The molecule has 0 unspecified atom stereocenters. The summed E-state index contributed by atoms with van der Waals surface area (Å²) >= 11 is 1.56. The van der Waals surface area contributed by atoms with Crippen LogP contribution in [0, 0.1) is 17.2 Å². The average Bonchev–Trinajstić information content (AvgIpc) is 3.22. The van der Waals surface area contributed by atoms with Gasteiger partial charge in [-0.25, -0.2) is 0 Å². The quantitative estimate of drug-likeness (QED) is 0.737. The van der Waals surface area contributed by atoms with Gasteiger partial charge < -0.3 is 10.6 Å². The molecule has 1 amide bonds. The van der Waals surface area contributed by atoms with E-state index in [9.17, 15) is 10.1 Å². The number of carbonyl (C=O) groups is 1. The maximum absolute atomic E-state index is 12.5. The first-order chi connectivity index (χ1) is 13.0. The minimum absolute atomic E-state index is 0.0951. The van der Waals surface area contributed by atoms with Crippen molar-refractivity contribution in [3.05, 3.63) is 51.4 Å². The number of nitriles is 1. The van der Waals surface area contributed by atoms with Crippen LogP contribution in [-0.4, -0.2) is 12.5 Å². The molecule has 1 aliphatic rings. The van der Waals surface area contributed by atoms with Gasteiger partial charge in [-0.2, -0.15) is 5.26 Å². The van der Waals surface area contributed by atoms with Crippen LogP contribution >= 0.6 is 11.3 Å². The lowest BCUT2D eigenvalue weighted by atomic mass is 9.95. The number of thiophene rings is 1. The van der Waals surface area contributed by atoms with Crippen molar-refractivity contribution in [2.24, 2.45) is 5.92 Å². The molecular weight excluding hydrogens is 354 g/mol. The summed E-state index contributed by atoms with van der Waals surface area (Å²) in [5.74, 6) is 0.271. The van der Waals surface area contributed by atoms with Crippen molar-refractivity contribution in [3.63, 3.8) is 0 Å². The minimum atomic E-state index is -0.0951. The van der Waals surface area contributed by atoms with Gasteiger partial charge in [0, 0.05) is 10.9 Å². The van der Waals surface area contributed by atoms with E-state index in [0.717, 1.165) is 31.2 Å². The number of carbonyl (C=O) groups excluding carboxylic acids is 1. The lowest BCUT2D eigenvalue weighted by Crippen LogP contribution is -2.33. The van der Waals surface area contributed by atoms with Crippen molar-refractivity contribution < 1.29 is 4.79 Å². The van der Waals surface area contributed by atoms with Crippen LogP contribution in [0.3, 0.4) is 0 Å². The molecule has 1 aromatic heterocycles. The van der Waals surface area contributed by atoms with Crippen LogP contribution in [0.15, 0.2) is 24.3 Å². The molecule has 0 aliphatic heterocycles. The van der Waals surface area contributed by atoms with Crippen molar-refractivity contribution >= 4 is 22.2 Å². The highest BCUT2D eigenvalue weighted by atomic mass is 32.1. The minimum Gasteiger partial charge on any atom is -0.315 e. The Bertz CT molecular complexity index is 846. The molecule has 1 aromatic carbocycles. The van der Waals surface area contributed by atoms with Gasteiger partial charge in [0.15, 0.2) is 0 Å². The van der Waals surface area contributed by atoms with Crippen LogP contribution in [0.5, 0.6) is 0 Å². The third kappa shape index (κ3) is 4.40. The van der Waals surface area contributed by atoms with Crippen LogP contribution in [0.4, 0.5) is 5.00 Å². The number of anilines is 1. The molecule has 0 saturated carbocycles. The largest absolute Gasteiger partial charge is 0.315 e. The maximum atomic E-state index is 12.5. The van der Waals surface area contributed by atoms with E-state index in [0.29, 0.717) is 16.5 Å².